The van der Waals surface area contributed by atoms with E-state index < -0.39 is 6.23 Å². The standard InChI is InChI=1S/C6H11N2OS.BrH/c1-5-2-8(4-10-5)3-6(7)9;/h2,4,6,9H,3,7H2,1H3;1H/q+1;/p-1. The van der Waals surface area contributed by atoms with Gasteiger partial charge < -0.3 is 27.8 Å². The fraction of sp³-hybridized carbons (Fsp3) is 0.500. The molecular weight excluding hydrogens is 228 g/mol. The minimum Gasteiger partial charge on any atom is -1.00 e. The molecule has 0 aromatic carbocycles. The van der Waals surface area contributed by atoms with E-state index in [1.165, 1.54) is 4.88 Å². The molecule has 5 heteroatoms. The molecule has 64 valence electrons. The number of thiazole rings is 1. The Morgan fingerprint density at radius 3 is 2.82 bits per heavy atom. The van der Waals surface area contributed by atoms with Crippen molar-refractivity contribution >= 4 is 11.3 Å². The number of nitrogens with two attached hydrogens (primary N) is 1. The molecule has 0 saturated heterocycles. The Hall–Kier alpha value is 0.0300. The average Bonchev–Trinajstić information content (AvgIpc) is 2.13. The molecule has 1 aromatic heterocycles. The van der Waals surface area contributed by atoms with E-state index in [2.05, 4.69) is 0 Å². The maximum absolute atomic E-state index is 8.78. The molecule has 0 spiro atoms. The van der Waals surface area contributed by atoms with Gasteiger partial charge in [-0.05, 0) is 6.92 Å². The van der Waals surface area contributed by atoms with Gasteiger partial charge in [-0.15, -0.1) is 0 Å². The number of halogens is 1. The minimum atomic E-state index is -0.751. The summed E-state index contributed by atoms with van der Waals surface area (Å²) in [7, 11) is 0. The summed E-state index contributed by atoms with van der Waals surface area (Å²) in [5.41, 5.74) is 7.11. The second-order valence-corrected chi connectivity index (χ2v) is 3.32. The Morgan fingerprint density at radius 2 is 2.45 bits per heavy atom. The van der Waals surface area contributed by atoms with Crippen LogP contribution in [-0.4, -0.2) is 11.3 Å². The highest BCUT2D eigenvalue weighted by atomic mass is 79.9. The van der Waals surface area contributed by atoms with E-state index in [9.17, 15) is 0 Å². The topological polar surface area (TPSA) is 50.1 Å². The third-order valence-corrected chi connectivity index (χ3v) is 1.97. The number of nitrogens with zero attached hydrogens (tertiary/aromatic N) is 1. The van der Waals surface area contributed by atoms with Gasteiger partial charge in [0.05, 0.1) is 4.88 Å². The van der Waals surface area contributed by atoms with Crippen LogP contribution in [0.2, 0.25) is 0 Å². The van der Waals surface area contributed by atoms with Crippen molar-refractivity contribution in [3.8, 4) is 0 Å². The van der Waals surface area contributed by atoms with Gasteiger partial charge in [0, 0.05) is 0 Å². The number of hydrogen-bond acceptors (Lipinski definition) is 3. The van der Waals surface area contributed by atoms with Gasteiger partial charge >= 0.3 is 0 Å². The Kier molecular flexibility index (Phi) is 4.83. The van der Waals surface area contributed by atoms with E-state index >= 15 is 0 Å². The molecule has 0 fully saturated rings. The van der Waals surface area contributed by atoms with E-state index in [-0.39, 0.29) is 17.0 Å². The van der Waals surface area contributed by atoms with Crippen molar-refractivity contribution in [3.63, 3.8) is 0 Å². The van der Waals surface area contributed by atoms with Crippen molar-refractivity contribution in [2.24, 2.45) is 5.73 Å². The maximum atomic E-state index is 8.78. The van der Waals surface area contributed by atoms with Crippen LogP contribution in [0.25, 0.3) is 0 Å². The summed E-state index contributed by atoms with van der Waals surface area (Å²) in [5, 5.41) is 8.78. The smallest absolute Gasteiger partial charge is 0.225 e. The van der Waals surface area contributed by atoms with Gasteiger partial charge in [0.15, 0.2) is 19.0 Å². The van der Waals surface area contributed by atoms with E-state index in [1.807, 2.05) is 23.2 Å². The molecule has 3 nitrogen and oxygen atoms in total. The normalized spacial score (nSPS) is 12.3. The highest BCUT2D eigenvalue weighted by Crippen LogP contribution is 1.99. The molecule has 11 heavy (non-hydrogen) atoms. The number of aromatic nitrogens is 1. The lowest BCUT2D eigenvalue weighted by Gasteiger charge is -1.94. The zero-order chi connectivity index (χ0) is 7.56. The first-order valence-electron chi connectivity index (χ1n) is 3.06. The van der Waals surface area contributed by atoms with Crippen molar-refractivity contribution in [3.05, 3.63) is 16.6 Å². The number of aliphatic hydroxyl groups is 1. The summed E-state index contributed by atoms with van der Waals surface area (Å²) in [4.78, 5) is 1.22. The summed E-state index contributed by atoms with van der Waals surface area (Å²) >= 11 is 1.64. The molecular formula is C6H11BrN2OS. The molecule has 0 saturated carbocycles. The van der Waals surface area contributed by atoms with Crippen LogP contribution in [0, 0.1) is 6.92 Å². The van der Waals surface area contributed by atoms with E-state index in [0.717, 1.165) is 0 Å². The molecule has 1 aromatic rings. The van der Waals surface area contributed by atoms with Crippen LogP contribution >= 0.6 is 11.3 Å². The lowest BCUT2D eigenvalue weighted by atomic mass is 10.5. The van der Waals surface area contributed by atoms with Crippen molar-refractivity contribution in [1.82, 2.24) is 0 Å². The first-order valence-corrected chi connectivity index (χ1v) is 3.94. The van der Waals surface area contributed by atoms with Gasteiger partial charge in [0.2, 0.25) is 5.51 Å². The number of aliphatic hydroxyl groups excluding tert-OH is 1. The second kappa shape index (κ2) is 4.82. The molecule has 1 rings (SSSR count). The Morgan fingerprint density at radius 1 is 1.82 bits per heavy atom. The fourth-order valence-electron chi connectivity index (χ4n) is 0.757. The monoisotopic (exact) mass is 238 g/mol. The molecule has 0 radical (unpaired) electrons. The number of hydrogen-bond donors (Lipinski definition) is 2. The van der Waals surface area contributed by atoms with Crippen molar-refractivity contribution in [2.45, 2.75) is 19.7 Å². The SMILES string of the molecule is Cc1c[n+](CC(N)O)cs1.[Br-]. The highest BCUT2D eigenvalue weighted by Gasteiger charge is 2.06. The van der Waals surface area contributed by atoms with E-state index in [0.29, 0.717) is 6.54 Å². The van der Waals surface area contributed by atoms with Crippen LogP contribution in [0.5, 0.6) is 0 Å². The molecule has 0 amide bonds. The summed E-state index contributed by atoms with van der Waals surface area (Å²) in [5.74, 6) is 0. The third-order valence-electron chi connectivity index (χ3n) is 1.12. The van der Waals surface area contributed by atoms with Crippen LogP contribution in [-0.2, 0) is 6.54 Å². The van der Waals surface area contributed by atoms with Gasteiger partial charge in [-0.2, -0.15) is 4.57 Å². The van der Waals surface area contributed by atoms with Crippen LogP contribution in [0.3, 0.4) is 0 Å². The first kappa shape index (κ1) is 11.0. The zero-order valence-corrected chi connectivity index (χ0v) is 8.60. The fourth-order valence-corrected chi connectivity index (χ4v) is 1.40. The van der Waals surface area contributed by atoms with Crippen LogP contribution in [0.15, 0.2) is 11.7 Å². The molecule has 0 aliphatic rings. The van der Waals surface area contributed by atoms with Gasteiger partial charge in [0.1, 0.15) is 0 Å². The first-order chi connectivity index (χ1) is 4.68. The van der Waals surface area contributed by atoms with Gasteiger partial charge in [-0.3, -0.25) is 0 Å². The summed E-state index contributed by atoms with van der Waals surface area (Å²) in [6.07, 6.45) is 1.21. The zero-order valence-electron chi connectivity index (χ0n) is 6.20. The van der Waals surface area contributed by atoms with Crippen LogP contribution in [0.4, 0.5) is 0 Å². The minimum absolute atomic E-state index is 0. The van der Waals surface area contributed by atoms with Crippen LogP contribution < -0.4 is 27.3 Å². The van der Waals surface area contributed by atoms with Crippen molar-refractivity contribution in [2.75, 3.05) is 0 Å². The quantitative estimate of drug-likeness (QED) is 0.418. The van der Waals surface area contributed by atoms with Crippen LogP contribution in [0.1, 0.15) is 4.88 Å². The lowest BCUT2D eigenvalue weighted by Crippen LogP contribution is -3.00. The summed E-state index contributed by atoms with van der Waals surface area (Å²) in [6.45, 7) is 2.49. The Balaban J connectivity index is 0.000001000. The lowest BCUT2D eigenvalue weighted by molar-refractivity contribution is -0.699. The highest BCUT2D eigenvalue weighted by molar-refractivity contribution is 7.09. The van der Waals surface area contributed by atoms with Gasteiger partial charge in [-0.1, -0.05) is 11.3 Å². The Bertz CT molecular complexity index is 214. The molecule has 1 unspecified atom stereocenters. The molecule has 0 aliphatic heterocycles. The van der Waals surface area contributed by atoms with Gasteiger partial charge in [0.25, 0.3) is 0 Å². The molecule has 1 heterocycles. The predicted octanol–water partition coefficient (Wildman–Crippen LogP) is -3.37. The van der Waals surface area contributed by atoms with E-state index in [4.69, 9.17) is 10.8 Å². The maximum Gasteiger partial charge on any atom is 0.225 e. The second-order valence-electron chi connectivity index (χ2n) is 2.23. The Labute approximate surface area is 80.2 Å². The van der Waals surface area contributed by atoms with Crippen molar-refractivity contribution < 1.29 is 26.7 Å². The third kappa shape index (κ3) is 3.81. The largest absolute Gasteiger partial charge is 1.00 e. The number of aryl methyl sites for hydroxylation is 1. The van der Waals surface area contributed by atoms with Gasteiger partial charge in [-0.25, -0.2) is 0 Å². The van der Waals surface area contributed by atoms with E-state index in [1.54, 1.807) is 11.3 Å². The average molecular weight is 239 g/mol. The molecule has 3 N–H and O–H groups in total. The van der Waals surface area contributed by atoms with Crippen molar-refractivity contribution in [1.29, 1.82) is 0 Å². The molecule has 1 atom stereocenters. The molecule has 0 bridgehead atoms. The summed E-state index contributed by atoms with van der Waals surface area (Å²) < 4.78 is 1.88. The predicted molar refractivity (Wildman–Crippen MR) is 39.4 cm³/mol. The summed E-state index contributed by atoms with van der Waals surface area (Å²) in [6, 6.07) is 0. The number of rotatable bonds is 2. The molecule has 0 aliphatic carbocycles.